The van der Waals surface area contributed by atoms with Gasteiger partial charge in [0.15, 0.2) is 0 Å². The third-order valence-corrected chi connectivity index (χ3v) is 2.12. The van der Waals surface area contributed by atoms with Crippen molar-refractivity contribution in [2.24, 2.45) is 0 Å². The van der Waals surface area contributed by atoms with Gasteiger partial charge in [-0.25, -0.2) is 4.39 Å². The van der Waals surface area contributed by atoms with E-state index in [4.69, 9.17) is 0 Å². The molecule has 72 valence electrons. The average molecular weight is 183 g/mol. The minimum atomic E-state index is -0.609. The number of hydrogen-bond donors (Lipinski definition) is 1. The van der Waals surface area contributed by atoms with Gasteiger partial charge in [0.2, 0.25) is 0 Å². The van der Waals surface area contributed by atoms with Crippen molar-refractivity contribution >= 4 is 5.69 Å². The van der Waals surface area contributed by atoms with Crippen molar-refractivity contribution in [1.29, 1.82) is 0 Å². The van der Waals surface area contributed by atoms with Gasteiger partial charge in [-0.15, -0.1) is 0 Å². The van der Waals surface area contributed by atoms with Gasteiger partial charge < -0.3 is 10.0 Å². The normalized spacial score (nSPS) is 12.7. The molecule has 1 unspecified atom stereocenters. The molecule has 0 fully saturated rings. The van der Waals surface area contributed by atoms with E-state index in [0.29, 0.717) is 11.3 Å². The minimum absolute atomic E-state index is 0.245. The summed E-state index contributed by atoms with van der Waals surface area (Å²) in [5, 5.41) is 9.24. The fraction of sp³-hybridized carbons (Fsp3) is 0.400. The molecular formula is C10H14FNO. The van der Waals surface area contributed by atoms with Gasteiger partial charge in [0.05, 0.1) is 0 Å². The van der Waals surface area contributed by atoms with Crippen LogP contribution in [0, 0.1) is 12.7 Å². The van der Waals surface area contributed by atoms with Crippen LogP contribution < -0.4 is 4.90 Å². The molecule has 0 aliphatic rings. The van der Waals surface area contributed by atoms with Crippen LogP contribution in [0.3, 0.4) is 0 Å². The van der Waals surface area contributed by atoms with E-state index in [0.717, 1.165) is 0 Å². The van der Waals surface area contributed by atoms with E-state index in [1.165, 1.54) is 6.07 Å². The molecular weight excluding hydrogens is 169 g/mol. The zero-order valence-electron chi connectivity index (χ0n) is 8.08. The first-order valence-electron chi connectivity index (χ1n) is 4.19. The zero-order chi connectivity index (χ0) is 10.0. The number of nitrogens with zero attached hydrogens (tertiary/aromatic N) is 1. The van der Waals surface area contributed by atoms with Crippen LogP contribution in [-0.2, 0) is 0 Å². The Hall–Kier alpha value is -1.09. The van der Waals surface area contributed by atoms with Crippen LogP contribution in [0.25, 0.3) is 0 Å². The predicted octanol–water partition coefficient (Wildman–Crippen LogP) is 1.91. The van der Waals surface area contributed by atoms with E-state index >= 15 is 0 Å². The van der Waals surface area contributed by atoms with E-state index in [2.05, 4.69) is 0 Å². The number of aliphatic hydroxyl groups is 1. The number of hydrogen-bond acceptors (Lipinski definition) is 2. The Bertz CT molecular complexity index is 299. The van der Waals surface area contributed by atoms with E-state index in [1.54, 1.807) is 37.9 Å². The summed E-state index contributed by atoms with van der Waals surface area (Å²) in [4.78, 5) is 1.60. The third-order valence-electron chi connectivity index (χ3n) is 2.12. The lowest BCUT2D eigenvalue weighted by Gasteiger charge is -2.22. The second kappa shape index (κ2) is 3.75. The number of aryl methyl sites for hydroxylation is 1. The molecule has 0 spiro atoms. The Morgan fingerprint density at radius 1 is 1.46 bits per heavy atom. The topological polar surface area (TPSA) is 23.5 Å². The molecule has 3 heteroatoms. The van der Waals surface area contributed by atoms with Crippen LogP contribution in [0.5, 0.6) is 0 Å². The molecule has 1 aromatic carbocycles. The Morgan fingerprint density at radius 2 is 2.08 bits per heavy atom. The molecule has 13 heavy (non-hydrogen) atoms. The lowest BCUT2D eigenvalue weighted by atomic mass is 10.2. The Morgan fingerprint density at radius 3 is 2.54 bits per heavy atom. The summed E-state index contributed by atoms with van der Waals surface area (Å²) < 4.78 is 13.1. The van der Waals surface area contributed by atoms with Crippen molar-refractivity contribution in [2.45, 2.75) is 20.1 Å². The fourth-order valence-corrected chi connectivity index (χ4v) is 1.02. The van der Waals surface area contributed by atoms with Gasteiger partial charge in [-0.3, -0.25) is 0 Å². The highest BCUT2D eigenvalue weighted by atomic mass is 19.1. The molecule has 0 bridgehead atoms. The van der Waals surface area contributed by atoms with E-state index in [-0.39, 0.29) is 5.82 Å². The first-order chi connectivity index (χ1) is 6.02. The SMILES string of the molecule is Cc1ccc(N(C)C(C)O)cc1F. The van der Waals surface area contributed by atoms with Gasteiger partial charge in [0, 0.05) is 12.7 Å². The van der Waals surface area contributed by atoms with Crippen LogP contribution in [0.4, 0.5) is 10.1 Å². The molecule has 0 saturated carbocycles. The molecule has 2 nitrogen and oxygen atoms in total. The van der Waals surface area contributed by atoms with Crippen molar-refractivity contribution < 1.29 is 9.50 Å². The molecule has 1 atom stereocenters. The third kappa shape index (κ3) is 2.18. The van der Waals surface area contributed by atoms with Gasteiger partial charge in [0.25, 0.3) is 0 Å². The van der Waals surface area contributed by atoms with E-state index in [1.807, 2.05) is 0 Å². The molecule has 0 saturated heterocycles. The lowest BCUT2D eigenvalue weighted by molar-refractivity contribution is 0.195. The second-order valence-corrected chi connectivity index (χ2v) is 3.18. The molecule has 0 radical (unpaired) electrons. The van der Waals surface area contributed by atoms with Gasteiger partial charge in [-0.05, 0) is 31.5 Å². The standard InChI is InChI=1S/C10H14FNO/c1-7-4-5-9(6-10(7)11)12(3)8(2)13/h4-6,8,13H,1-3H3. The maximum Gasteiger partial charge on any atom is 0.128 e. The largest absolute Gasteiger partial charge is 0.374 e. The minimum Gasteiger partial charge on any atom is -0.374 e. The van der Waals surface area contributed by atoms with Crippen molar-refractivity contribution in [3.05, 3.63) is 29.6 Å². The molecule has 0 amide bonds. The Kier molecular flexibility index (Phi) is 2.88. The van der Waals surface area contributed by atoms with Crippen LogP contribution in [-0.4, -0.2) is 18.4 Å². The quantitative estimate of drug-likeness (QED) is 0.708. The molecule has 0 heterocycles. The van der Waals surface area contributed by atoms with Crippen molar-refractivity contribution in [1.82, 2.24) is 0 Å². The number of anilines is 1. The summed E-state index contributed by atoms with van der Waals surface area (Å²) in [7, 11) is 1.72. The smallest absolute Gasteiger partial charge is 0.128 e. The maximum absolute atomic E-state index is 13.1. The Labute approximate surface area is 77.6 Å². The van der Waals surface area contributed by atoms with Gasteiger partial charge >= 0.3 is 0 Å². The highest BCUT2D eigenvalue weighted by Gasteiger charge is 2.07. The monoisotopic (exact) mass is 183 g/mol. The summed E-state index contributed by atoms with van der Waals surface area (Å²) in [5.41, 5.74) is 1.29. The zero-order valence-corrected chi connectivity index (χ0v) is 8.08. The molecule has 1 aromatic rings. The molecule has 1 rings (SSSR count). The second-order valence-electron chi connectivity index (χ2n) is 3.18. The van der Waals surface area contributed by atoms with Crippen molar-refractivity contribution in [3.63, 3.8) is 0 Å². The number of halogens is 1. The summed E-state index contributed by atoms with van der Waals surface area (Å²) in [6.45, 7) is 3.35. The van der Waals surface area contributed by atoms with Crippen LogP contribution >= 0.6 is 0 Å². The van der Waals surface area contributed by atoms with E-state index < -0.39 is 6.23 Å². The van der Waals surface area contributed by atoms with Gasteiger partial charge in [0.1, 0.15) is 12.0 Å². The summed E-state index contributed by atoms with van der Waals surface area (Å²) in [6.07, 6.45) is -0.609. The first kappa shape index (κ1) is 9.99. The van der Waals surface area contributed by atoms with Gasteiger partial charge in [-0.1, -0.05) is 6.07 Å². The molecule has 0 aliphatic carbocycles. The maximum atomic E-state index is 13.1. The van der Waals surface area contributed by atoms with Crippen LogP contribution in [0.2, 0.25) is 0 Å². The fourth-order valence-electron chi connectivity index (χ4n) is 1.02. The lowest BCUT2D eigenvalue weighted by Crippen LogP contribution is -2.28. The summed E-state index contributed by atoms with van der Waals surface area (Å²) in [5.74, 6) is -0.245. The van der Waals surface area contributed by atoms with Crippen molar-refractivity contribution in [2.75, 3.05) is 11.9 Å². The summed E-state index contributed by atoms with van der Waals surface area (Å²) >= 11 is 0. The average Bonchev–Trinajstić information content (AvgIpc) is 2.08. The highest BCUT2D eigenvalue weighted by Crippen LogP contribution is 2.17. The van der Waals surface area contributed by atoms with Gasteiger partial charge in [-0.2, -0.15) is 0 Å². The molecule has 0 aromatic heterocycles. The summed E-state index contributed by atoms with van der Waals surface area (Å²) in [6, 6.07) is 4.90. The Balaban J connectivity index is 2.97. The molecule has 0 aliphatic heterocycles. The van der Waals surface area contributed by atoms with Crippen LogP contribution in [0.1, 0.15) is 12.5 Å². The number of benzene rings is 1. The predicted molar refractivity (Wildman–Crippen MR) is 51.2 cm³/mol. The first-order valence-corrected chi connectivity index (χ1v) is 4.19. The molecule has 1 N–H and O–H groups in total. The highest BCUT2D eigenvalue weighted by molar-refractivity contribution is 5.47. The number of aliphatic hydroxyl groups excluding tert-OH is 1. The number of rotatable bonds is 2. The van der Waals surface area contributed by atoms with Crippen molar-refractivity contribution in [3.8, 4) is 0 Å². The van der Waals surface area contributed by atoms with Crippen LogP contribution in [0.15, 0.2) is 18.2 Å². The van der Waals surface area contributed by atoms with E-state index in [9.17, 15) is 9.50 Å².